The van der Waals surface area contributed by atoms with E-state index in [9.17, 15) is 9.59 Å². The lowest BCUT2D eigenvalue weighted by atomic mass is 9.88. The van der Waals surface area contributed by atoms with Crippen LogP contribution < -0.4 is 5.63 Å². The Morgan fingerprint density at radius 2 is 1.79 bits per heavy atom. The van der Waals surface area contributed by atoms with Gasteiger partial charge < -0.3 is 14.1 Å². The van der Waals surface area contributed by atoms with Gasteiger partial charge in [0.15, 0.2) is 0 Å². The number of benzene rings is 2. The molecule has 0 bridgehead atoms. The van der Waals surface area contributed by atoms with Crippen molar-refractivity contribution in [1.29, 1.82) is 0 Å². The van der Waals surface area contributed by atoms with Crippen molar-refractivity contribution in [3.8, 4) is 11.1 Å². The van der Waals surface area contributed by atoms with Crippen molar-refractivity contribution in [2.45, 2.75) is 45.6 Å². The number of carbonyl (C=O) groups is 2. The van der Waals surface area contributed by atoms with Crippen LogP contribution in [0.25, 0.3) is 22.1 Å². The standard InChI is InChI=1S/C25H27NO3.C2H4O2/c1-17-8-6-7-11-20(17)22-15-24(27)29-23-14-18(12-13-21(22)23)16-26(2)25(28)19-9-4-3-5-10-19;1-4-2-3/h6-8,11-15,19H,3-5,9-10,16H2,1-2H3;2H,1H3. The lowest BCUT2D eigenvalue weighted by Crippen LogP contribution is -2.33. The second kappa shape index (κ2) is 11.5. The molecule has 1 aliphatic rings. The van der Waals surface area contributed by atoms with Gasteiger partial charge >= 0.3 is 5.63 Å². The molecule has 6 heteroatoms. The van der Waals surface area contributed by atoms with E-state index < -0.39 is 0 Å². The minimum Gasteiger partial charge on any atom is -0.471 e. The normalized spacial score (nSPS) is 13.7. The maximum absolute atomic E-state index is 12.7. The molecule has 3 aromatic rings. The zero-order valence-corrected chi connectivity index (χ0v) is 19.5. The van der Waals surface area contributed by atoms with E-state index in [1.165, 1.54) is 13.5 Å². The predicted molar refractivity (Wildman–Crippen MR) is 129 cm³/mol. The van der Waals surface area contributed by atoms with E-state index in [0.29, 0.717) is 18.6 Å². The van der Waals surface area contributed by atoms with Crippen molar-refractivity contribution in [2.75, 3.05) is 14.2 Å². The monoisotopic (exact) mass is 449 g/mol. The fraction of sp³-hybridized carbons (Fsp3) is 0.370. The molecule has 174 valence electrons. The smallest absolute Gasteiger partial charge is 0.336 e. The molecule has 1 heterocycles. The fourth-order valence-electron chi connectivity index (χ4n) is 4.42. The summed E-state index contributed by atoms with van der Waals surface area (Å²) >= 11 is 0. The molecule has 0 unspecified atom stereocenters. The third-order valence-electron chi connectivity index (χ3n) is 6.09. The highest BCUT2D eigenvalue weighted by Crippen LogP contribution is 2.30. The molecular formula is C27H31NO5. The Labute approximate surface area is 194 Å². The molecule has 4 rings (SSSR count). The average molecular weight is 450 g/mol. The first kappa shape index (κ1) is 24.2. The average Bonchev–Trinajstić information content (AvgIpc) is 2.84. The Morgan fingerprint density at radius 1 is 1.09 bits per heavy atom. The van der Waals surface area contributed by atoms with Gasteiger partial charge in [-0.05, 0) is 42.5 Å². The number of aryl methyl sites for hydroxylation is 1. The molecule has 1 saturated carbocycles. The number of methoxy groups -OCH3 is 1. The molecule has 1 aromatic heterocycles. The predicted octanol–water partition coefficient (Wildman–Crippen LogP) is 5.10. The molecule has 33 heavy (non-hydrogen) atoms. The summed E-state index contributed by atoms with van der Waals surface area (Å²) in [5.41, 5.74) is 4.19. The highest BCUT2D eigenvalue weighted by Gasteiger charge is 2.24. The van der Waals surface area contributed by atoms with Gasteiger partial charge in [-0.25, -0.2) is 4.79 Å². The third-order valence-corrected chi connectivity index (χ3v) is 6.09. The summed E-state index contributed by atoms with van der Waals surface area (Å²) in [5, 5.41) is 0.906. The van der Waals surface area contributed by atoms with E-state index >= 15 is 0 Å². The molecule has 0 N–H and O–H groups in total. The van der Waals surface area contributed by atoms with Crippen LogP contribution in [0.1, 0.15) is 43.2 Å². The zero-order valence-electron chi connectivity index (χ0n) is 19.5. The number of hydrogen-bond acceptors (Lipinski definition) is 5. The van der Waals surface area contributed by atoms with Crippen LogP contribution in [0, 0.1) is 12.8 Å². The number of ether oxygens (including phenoxy) is 1. The summed E-state index contributed by atoms with van der Waals surface area (Å²) in [6.07, 6.45) is 5.52. The van der Waals surface area contributed by atoms with Crippen LogP contribution in [0.5, 0.6) is 0 Å². The van der Waals surface area contributed by atoms with Gasteiger partial charge in [-0.15, -0.1) is 0 Å². The van der Waals surface area contributed by atoms with Crippen LogP contribution >= 0.6 is 0 Å². The Morgan fingerprint density at radius 3 is 2.45 bits per heavy atom. The first-order valence-corrected chi connectivity index (χ1v) is 11.3. The van der Waals surface area contributed by atoms with E-state index in [1.54, 1.807) is 11.0 Å². The van der Waals surface area contributed by atoms with Crippen LogP contribution in [0.15, 0.2) is 57.7 Å². The van der Waals surface area contributed by atoms with Gasteiger partial charge in [0.1, 0.15) is 5.58 Å². The minimum atomic E-state index is -0.362. The number of hydrogen-bond donors (Lipinski definition) is 0. The van der Waals surface area contributed by atoms with Gasteiger partial charge in [0.25, 0.3) is 6.47 Å². The van der Waals surface area contributed by atoms with Gasteiger partial charge in [0.05, 0.1) is 7.11 Å². The summed E-state index contributed by atoms with van der Waals surface area (Å²) in [6, 6.07) is 15.5. The van der Waals surface area contributed by atoms with Crippen molar-refractivity contribution in [3.63, 3.8) is 0 Å². The Bertz CT molecular complexity index is 1160. The molecule has 2 aromatic carbocycles. The summed E-state index contributed by atoms with van der Waals surface area (Å²) in [7, 11) is 3.17. The molecule has 0 radical (unpaired) electrons. The van der Waals surface area contributed by atoms with Gasteiger partial charge in [0, 0.05) is 36.5 Å². The third kappa shape index (κ3) is 6.09. The van der Waals surface area contributed by atoms with E-state index in [0.717, 1.165) is 53.3 Å². The Kier molecular flexibility index (Phi) is 8.41. The number of carbonyl (C=O) groups excluding carboxylic acids is 2. The van der Waals surface area contributed by atoms with E-state index in [-0.39, 0.29) is 17.5 Å². The zero-order chi connectivity index (χ0) is 23.8. The summed E-state index contributed by atoms with van der Waals surface area (Å²) in [4.78, 5) is 35.7. The van der Waals surface area contributed by atoms with Crippen molar-refractivity contribution in [3.05, 3.63) is 70.1 Å². The van der Waals surface area contributed by atoms with E-state index in [1.807, 2.05) is 56.4 Å². The van der Waals surface area contributed by atoms with Crippen LogP contribution in [0.4, 0.5) is 0 Å². The lowest BCUT2D eigenvalue weighted by Gasteiger charge is -2.26. The van der Waals surface area contributed by atoms with Crippen molar-refractivity contribution in [1.82, 2.24) is 4.90 Å². The summed E-state index contributed by atoms with van der Waals surface area (Å²) in [5.74, 6) is 0.375. The molecule has 1 aliphatic carbocycles. The number of rotatable bonds is 5. The largest absolute Gasteiger partial charge is 0.471 e. The van der Waals surface area contributed by atoms with Crippen molar-refractivity contribution >= 4 is 23.3 Å². The molecule has 0 saturated heterocycles. The molecule has 0 aliphatic heterocycles. The molecule has 6 nitrogen and oxygen atoms in total. The maximum atomic E-state index is 12.7. The Balaban J connectivity index is 0.000000709. The first-order valence-electron chi connectivity index (χ1n) is 11.3. The first-order chi connectivity index (χ1) is 15.9. The summed E-state index contributed by atoms with van der Waals surface area (Å²) < 4.78 is 9.36. The molecular weight excluding hydrogens is 418 g/mol. The summed E-state index contributed by atoms with van der Waals surface area (Å²) in [6.45, 7) is 2.93. The lowest BCUT2D eigenvalue weighted by molar-refractivity contribution is -0.135. The Hall–Kier alpha value is -3.41. The molecule has 1 fully saturated rings. The topological polar surface area (TPSA) is 76.8 Å². The SMILES string of the molecule is COC=O.Cc1ccccc1-c1cc(=O)oc2cc(CN(C)C(=O)C3CCCCC3)ccc12. The fourth-order valence-corrected chi connectivity index (χ4v) is 4.42. The second-order valence-corrected chi connectivity index (χ2v) is 8.49. The molecule has 0 atom stereocenters. The van der Waals surface area contributed by atoms with Crippen molar-refractivity contribution < 1.29 is 18.7 Å². The van der Waals surface area contributed by atoms with E-state index in [4.69, 9.17) is 9.21 Å². The molecule has 1 amide bonds. The highest BCUT2D eigenvalue weighted by molar-refractivity contribution is 5.94. The maximum Gasteiger partial charge on any atom is 0.336 e. The number of fused-ring (bicyclic) bond motifs is 1. The number of amides is 1. The minimum absolute atomic E-state index is 0.153. The quantitative estimate of drug-likeness (QED) is 0.400. The second-order valence-electron chi connectivity index (χ2n) is 8.49. The van der Waals surface area contributed by atoms with Crippen LogP contribution in [-0.2, 0) is 20.9 Å². The van der Waals surface area contributed by atoms with Gasteiger partial charge in [-0.2, -0.15) is 0 Å². The molecule has 0 spiro atoms. The van der Waals surface area contributed by atoms with Gasteiger partial charge in [-0.1, -0.05) is 55.7 Å². The van der Waals surface area contributed by atoms with Gasteiger partial charge in [0.2, 0.25) is 5.91 Å². The van der Waals surface area contributed by atoms with E-state index in [2.05, 4.69) is 4.74 Å². The van der Waals surface area contributed by atoms with Crippen LogP contribution in [-0.4, -0.2) is 31.4 Å². The van der Waals surface area contributed by atoms with Gasteiger partial charge in [-0.3, -0.25) is 9.59 Å². The van der Waals surface area contributed by atoms with Crippen LogP contribution in [0.2, 0.25) is 0 Å². The van der Waals surface area contributed by atoms with Crippen LogP contribution in [0.3, 0.4) is 0 Å². The van der Waals surface area contributed by atoms with Crippen molar-refractivity contribution in [2.24, 2.45) is 5.92 Å². The number of nitrogens with zero attached hydrogens (tertiary/aromatic N) is 1. The highest BCUT2D eigenvalue weighted by atomic mass is 16.5.